The van der Waals surface area contributed by atoms with Crippen molar-refractivity contribution in [1.29, 1.82) is 0 Å². The molecule has 0 unspecified atom stereocenters. The average Bonchev–Trinajstić information content (AvgIpc) is 3.49. The van der Waals surface area contributed by atoms with E-state index >= 15 is 0 Å². The molecule has 2 aliphatic rings. The number of amides is 1. The van der Waals surface area contributed by atoms with Gasteiger partial charge >= 0.3 is 0 Å². The molecule has 156 valence electrons. The third-order valence-electron chi connectivity index (χ3n) is 7.06. The van der Waals surface area contributed by atoms with E-state index in [0.29, 0.717) is 11.7 Å². The molecule has 2 saturated carbocycles. The molecule has 3 aromatic rings. The topological polar surface area (TPSA) is 42.2 Å². The molecular formula is C26H29NO2S. The highest BCUT2D eigenvalue weighted by molar-refractivity contribution is 7.97. The minimum atomic E-state index is -0.0585. The molecule has 1 N–H and O–H groups in total. The minimum Gasteiger partial charge on any atom is -0.451 e. The molecule has 2 aliphatic carbocycles. The lowest BCUT2D eigenvalue weighted by Crippen LogP contribution is -2.40. The molecule has 0 aliphatic heterocycles. The number of carbonyl (C=O) groups excluding carboxylic acids is 1. The first-order valence-electron chi connectivity index (χ1n) is 11.1. The smallest absolute Gasteiger partial charge is 0.287 e. The van der Waals surface area contributed by atoms with Gasteiger partial charge in [0.2, 0.25) is 0 Å². The van der Waals surface area contributed by atoms with E-state index in [1.54, 1.807) is 0 Å². The number of thioether (sulfide) groups is 1. The Labute approximate surface area is 182 Å². The van der Waals surface area contributed by atoms with Crippen molar-refractivity contribution < 1.29 is 9.21 Å². The molecule has 0 spiro atoms. The van der Waals surface area contributed by atoms with Crippen LogP contribution < -0.4 is 5.32 Å². The molecule has 2 fully saturated rings. The molecule has 1 amide bonds. The summed E-state index contributed by atoms with van der Waals surface area (Å²) in [6, 6.07) is 18.7. The van der Waals surface area contributed by atoms with Crippen LogP contribution in [-0.2, 0) is 11.5 Å². The zero-order valence-corrected chi connectivity index (χ0v) is 18.3. The first-order valence-corrected chi connectivity index (χ1v) is 12.3. The predicted octanol–water partition coefficient (Wildman–Crippen LogP) is 6.42. The second kappa shape index (κ2) is 8.50. The van der Waals surface area contributed by atoms with Gasteiger partial charge in [-0.2, -0.15) is 11.8 Å². The molecule has 4 atom stereocenters. The Bertz CT molecular complexity index is 1030. The summed E-state index contributed by atoms with van der Waals surface area (Å²) in [7, 11) is 0. The van der Waals surface area contributed by atoms with Crippen molar-refractivity contribution in [1.82, 2.24) is 5.32 Å². The Morgan fingerprint density at radius 1 is 1.07 bits per heavy atom. The van der Waals surface area contributed by atoms with Crippen molar-refractivity contribution in [2.45, 2.75) is 50.2 Å². The summed E-state index contributed by atoms with van der Waals surface area (Å²) in [4.78, 5) is 13.2. The van der Waals surface area contributed by atoms with E-state index in [-0.39, 0.29) is 11.9 Å². The Morgan fingerprint density at radius 2 is 1.87 bits per heavy atom. The van der Waals surface area contributed by atoms with Gasteiger partial charge in [0.15, 0.2) is 5.76 Å². The predicted molar refractivity (Wildman–Crippen MR) is 124 cm³/mol. The molecule has 3 nitrogen and oxygen atoms in total. The van der Waals surface area contributed by atoms with Gasteiger partial charge < -0.3 is 9.73 Å². The lowest BCUT2D eigenvalue weighted by Gasteiger charge is -2.28. The number of carbonyl (C=O) groups is 1. The van der Waals surface area contributed by atoms with Crippen molar-refractivity contribution in [2.24, 2.45) is 17.8 Å². The summed E-state index contributed by atoms with van der Waals surface area (Å²) in [6.07, 6.45) is 5.35. The van der Waals surface area contributed by atoms with Gasteiger partial charge in [0.1, 0.15) is 5.58 Å². The number of hydrogen-bond acceptors (Lipinski definition) is 3. The first kappa shape index (κ1) is 19.7. The van der Waals surface area contributed by atoms with E-state index in [1.165, 1.54) is 31.2 Å². The van der Waals surface area contributed by atoms with E-state index in [0.717, 1.165) is 39.9 Å². The molecule has 0 saturated heterocycles. The SMILES string of the molecule is C[C@@H](NC(=O)c1oc2ccccc2c1CSCc1ccccc1)[C@@H]1C[C@H]2CC[C@H]1C2. The molecule has 2 bridgehead atoms. The highest BCUT2D eigenvalue weighted by Gasteiger charge is 2.42. The van der Waals surface area contributed by atoms with E-state index in [1.807, 2.05) is 36.0 Å². The third kappa shape index (κ3) is 3.90. The van der Waals surface area contributed by atoms with Crippen LogP contribution in [0.2, 0.25) is 0 Å². The maximum Gasteiger partial charge on any atom is 0.287 e. The van der Waals surface area contributed by atoms with Gasteiger partial charge in [-0.05, 0) is 55.6 Å². The van der Waals surface area contributed by atoms with Crippen LogP contribution in [0.5, 0.6) is 0 Å². The standard InChI is InChI=1S/C26H29NO2S/c1-17(22-14-19-11-12-20(22)13-19)27-26(28)25-23(21-9-5-6-10-24(21)29-25)16-30-15-18-7-3-2-4-8-18/h2-10,17,19-20,22H,11-16H2,1H3,(H,27,28)/t17-,19+,20+,22+/m1/s1. The fourth-order valence-electron chi connectivity index (χ4n) is 5.56. The highest BCUT2D eigenvalue weighted by atomic mass is 32.2. The van der Waals surface area contributed by atoms with Crippen molar-refractivity contribution in [3.05, 3.63) is 71.5 Å². The van der Waals surface area contributed by atoms with Crippen molar-refractivity contribution in [2.75, 3.05) is 0 Å². The van der Waals surface area contributed by atoms with Gasteiger partial charge in [-0.15, -0.1) is 0 Å². The molecular weight excluding hydrogens is 390 g/mol. The summed E-state index contributed by atoms with van der Waals surface area (Å²) in [5.41, 5.74) is 3.11. The monoisotopic (exact) mass is 419 g/mol. The van der Waals surface area contributed by atoms with Crippen LogP contribution in [0.15, 0.2) is 59.0 Å². The van der Waals surface area contributed by atoms with Crippen LogP contribution in [0.3, 0.4) is 0 Å². The quantitative estimate of drug-likeness (QED) is 0.480. The average molecular weight is 420 g/mol. The number of rotatable bonds is 7. The van der Waals surface area contributed by atoms with Gasteiger partial charge in [-0.1, -0.05) is 55.0 Å². The molecule has 30 heavy (non-hydrogen) atoms. The molecule has 2 aromatic carbocycles. The summed E-state index contributed by atoms with van der Waals surface area (Å²) in [5, 5.41) is 4.34. The fourth-order valence-corrected chi connectivity index (χ4v) is 6.58. The Morgan fingerprint density at radius 3 is 2.63 bits per heavy atom. The highest BCUT2D eigenvalue weighted by Crippen LogP contribution is 2.49. The third-order valence-corrected chi connectivity index (χ3v) is 8.09. The second-order valence-corrected chi connectivity index (χ2v) is 9.97. The zero-order chi connectivity index (χ0) is 20.5. The summed E-state index contributed by atoms with van der Waals surface area (Å²) >= 11 is 1.82. The summed E-state index contributed by atoms with van der Waals surface area (Å²) in [6.45, 7) is 2.18. The van der Waals surface area contributed by atoms with Gasteiger partial charge in [0, 0.05) is 28.5 Å². The van der Waals surface area contributed by atoms with Crippen molar-refractivity contribution in [3.63, 3.8) is 0 Å². The number of nitrogens with one attached hydrogen (secondary N) is 1. The van der Waals surface area contributed by atoms with Gasteiger partial charge in [0.25, 0.3) is 5.91 Å². The Kier molecular flexibility index (Phi) is 5.60. The first-order chi connectivity index (χ1) is 14.7. The molecule has 1 heterocycles. The molecule has 1 aromatic heterocycles. The number of benzene rings is 2. The van der Waals surface area contributed by atoms with Crippen LogP contribution in [-0.4, -0.2) is 11.9 Å². The van der Waals surface area contributed by atoms with Gasteiger partial charge in [-0.25, -0.2) is 0 Å². The Balaban J connectivity index is 1.32. The maximum absolute atomic E-state index is 13.2. The fraction of sp³-hybridized carbons (Fsp3) is 0.423. The van der Waals surface area contributed by atoms with E-state index in [9.17, 15) is 4.79 Å². The van der Waals surface area contributed by atoms with Crippen LogP contribution in [0.1, 0.15) is 54.3 Å². The van der Waals surface area contributed by atoms with Crippen LogP contribution in [0, 0.1) is 17.8 Å². The van der Waals surface area contributed by atoms with Gasteiger partial charge in [-0.3, -0.25) is 4.79 Å². The number of hydrogen-bond donors (Lipinski definition) is 1. The zero-order valence-electron chi connectivity index (χ0n) is 17.5. The van der Waals surface area contributed by atoms with Crippen LogP contribution in [0.25, 0.3) is 11.0 Å². The van der Waals surface area contributed by atoms with Crippen LogP contribution >= 0.6 is 11.8 Å². The lowest BCUT2D eigenvalue weighted by atomic mass is 9.84. The number of fused-ring (bicyclic) bond motifs is 3. The maximum atomic E-state index is 13.2. The second-order valence-electron chi connectivity index (χ2n) is 8.99. The number of para-hydroxylation sites is 1. The van der Waals surface area contributed by atoms with Crippen LogP contribution in [0.4, 0.5) is 0 Å². The van der Waals surface area contributed by atoms with Crippen molar-refractivity contribution >= 4 is 28.6 Å². The Hall–Kier alpha value is -2.20. The lowest BCUT2D eigenvalue weighted by molar-refractivity contribution is 0.0888. The van der Waals surface area contributed by atoms with E-state index < -0.39 is 0 Å². The molecule has 4 heteroatoms. The minimum absolute atomic E-state index is 0.0585. The number of furan rings is 1. The summed E-state index contributed by atoms with van der Waals surface area (Å²) in [5.74, 6) is 4.41. The molecule has 0 radical (unpaired) electrons. The van der Waals surface area contributed by atoms with E-state index in [4.69, 9.17) is 4.42 Å². The van der Waals surface area contributed by atoms with Crippen molar-refractivity contribution in [3.8, 4) is 0 Å². The van der Waals surface area contributed by atoms with Gasteiger partial charge in [0.05, 0.1) is 0 Å². The van der Waals surface area contributed by atoms with E-state index in [2.05, 4.69) is 42.6 Å². The largest absolute Gasteiger partial charge is 0.451 e. The summed E-state index contributed by atoms with van der Waals surface area (Å²) < 4.78 is 6.06. The normalized spacial score (nSPS) is 23.7. The molecule has 5 rings (SSSR count).